The van der Waals surface area contributed by atoms with E-state index in [4.69, 9.17) is 5.73 Å². The first-order valence-corrected chi connectivity index (χ1v) is 8.23. The van der Waals surface area contributed by atoms with Gasteiger partial charge in [0.15, 0.2) is 0 Å². The van der Waals surface area contributed by atoms with E-state index in [1.807, 2.05) is 24.1 Å². The summed E-state index contributed by atoms with van der Waals surface area (Å²) in [5.74, 6) is 0.705. The summed E-state index contributed by atoms with van der Waals surface area (Å²) < 4.78 is 0. The molecule has 0 aromatic heterocycles. The molecule has 1 saturated heterocycles. The van der Waals surface area contributed by atoms with Crippen molar-refractivity contribution in [2.45, 2.75) is 39.3 Å². The van der Waals surface area contributed by atoms with E-state index in [9.17, 15) is 4.79 Å². The minimum atomic E-state index is 0.188. The van der Waals surface area contributed by atoms with Crippen LogP contribution in [0.3, 0.4) is 0 Å². The molecule has 122 valence electrons. The van der Waals surface area contributed by atoms with Gasteiger partial charge in [-0.15, -0.1) is 0 Å². The Balaban J connectivity index is 1.87. The van der Waals surface area contributed by atoms with Crippen LogP contribution in [0.4, 0.5) is 0 Å². The van der Waals surface area contributed by atoms with Crippen molar-refractivity contribution in [3.8, 4) is 0 Å². The molecule has 1 aromatic rings. The third-order valence-electron chi connectivity index (χ3n) is 4.74. The lowest BCUT2D eigenvalue weighted by atomic mass is 9.92. The second kappa shape index (κ2) is 7.75. The van der Waals surface area contributed by atoms with Crippen molar-refractivity contribution in [3.63, 3.8) is 0 Å². The van der Waals surface area contributed by atoms with E-state index in [2.05, 4.69) is 30.9 Å². The Labute approximate surface area is 134 Å². The maximum absolute atomic E-state index is 12.5. The smallest absolute Gasteiger partial charge is 0.236 e. The molecule has 0 spiro atoms. The first-order valence-electron chi connectivity index (χ1n) is 8.23. The number of nitrogens with two attached hydrogens (primary N) is 1. The predicted octanol–water partition coefficient (Wildman–Crippen LogP) is 2.01. The maximum Gasteiger partial charge on any atom is 0.236 e. The zero-order valence-electron chi connectivity index (χ0n) is 14.1. The maximum atomic E-state index is 12.5. The highest BCUT2D eigenvalue weighted by molar-refractivity contribution is 5.78. The Morgan fingerprint density at radius 1 is 1.45 bits per heavy atom. The normalized spacial score (nSPS) is 20.6. The van der Waals surface area contributed by atoms with E-state index in [0.717, 1.165) is 19.5 Å². The molecule has 1 fully saturated rings. The molecule has 4 nitrogen and oxygen atoms in total. The monoisotopic (exact) mass is 303 g/mol. The van der Waals surface area contributed by atoms with E-state index in [1.165, 1.54) is 17.5 Å². The highest BCUT2D eigenvalue weighted by Gasteiger charge is 2.24. The van der Waals surface area contributed by atoms with Gasteiger partial charge in [-0.2, -0.15) is 0 Å². The Kier molecular flexibility index (Phi) is 5.98. The Morgan fingerprint density at radius 2 is 2.18 bits per heavy atom. The van der Waals surface area contributed by atoms with E-state index < -0.39 is 0 Å². The zero-order chi connectivity index (χ0) is 16.1. The van der Waals surface area contributed by atoms with Gasteiger partial charge in [-0.1, -0.05) is 24.3 Å². The molecule has 1 heterocycles. The van der Waals surface area contributed by atoms with Gasteiger partial charge in [-0.05, 0) is 50.3 Å². The SMILES string of the molecule is Cc1ccccc1CN(C)C(=O)CN1CCCC(C(C)N)C1. The van der Waals surface area contributed by atoms with Gasteiger partial charge in [0.05, 0.1) is 6.54 Å². The fourth-order valence-corrected chi connectivity index (χ4v) is 3.11. The van der Waals surface area contributed by atoms with E-state index in [0.29, 0.717) is 19.0 Å². The highest BCUT2D eigenvalue weighted by atomic mass is 16.2. The predicted molar refractivity (Wildman–Crippen MR) is 90.5 cm³/mol. The summed E-state index contributed by atoms with van der Waals surface area (Å²) >= 11 is 0. The molecule has 0 aliphatic carbocycles. The van der Waals surface area contributed by atoms with Gasteiger partial charge in [-0.25, -0.2) is 0 Å². The minimum absolute atomic E-state index is 0.188. The van der Waals surface area contributed by atoms with Crippen LogP contribution in [0.2, 0.25) is 0 Å². The van der Waals surface area contributed by atoms with E-state index in [-0.39, 0.29) is 11.9 Å². The van der Waals surface area contributed by atoms with Crippen molar-refractivity contribution in [1.82, 2.24) is 9.80 Å². The molecule has 2 N–H and O–H groups in total. The molecule has 1 aliphatic rings. The molecule has 4 heteroatoms. The molecule has 1 amide bonds. The van der Waals surface area contributed by atoms with Crippen molar-refractivity contribution < 1.29 is 4.79 Å². The first-order chi connectivity index (χ1) is 10.5. The molecule has 2 unspecified atom stereocenters. The number of likely N-dealkylation sites (tertiary alicyclic amines) is 1. The lowest BCUT2D eigenvalue weighted by Crippen LogP contribution is -2.46. The number of aryl methyl sites for hydroxylation is 1. The van der Waals surface area contributed by atoms with Gasteiger partial charge in [0, 0.05) is 26.2 Å². The lowest BCUT2D eigenvalue weighted by Gasteiger charge is -2.35. The summed E-state index contributed by atoms with van der Waals surface area (Å²) in [7, 11) is 1.89. The van der Waals surface area contributed by atoms with Gasteiger partial charge in [0.25, 0.3) is 0 Å². The average molecular weight is 303 g/mol. The molecule has 2 atom stereocenters. The van der Waals surface area contributed by atoms with Crippen LogP contribution in [0.25, 0.3) is 0 Å². The van der Waals surface area contributed by atoms with Crippen LogP contribution in [0, 0.1) is 12.8 Å². The molecule has 2 rings (SSSR count). The zero-order valence-corrected chi connectivity index (χ0v) is 14.1. The summed E-state index contributed by atoms with van der Waals surface area (Å²) in [4.78, 5) is 16.5. The fraction of sp³-hybridized carbons (Fsp3) is 0.611. The van der Waals surface area contributed by atoms with E-state index in [1.54, 1.807) is 0 Å². The topological polar surface area (TPSA) is 49.6 Å². The number of carbonyl (C=O) groups is 1. The van der Waals surface area contributed by atoms with Crippen LogP contribution in [0.5, 0.6) is 0 Å². The molecule has 22 heavy (non-hydrogen) atoms. The largest absolute Gasteiger partial charge is 0.340 e. The van der Waals surface area contributed by atoms with Crippen molar-refractivity contribution in [3.05, 3.63) is 35.4 Å². The van der Waals surface area contributed by atoms with Crippen LogP contribution in [-0.4, -0.2) is 48.4 Å². The molecule has 0 radical (unpaired) electrons. The van der Waals surface area contributed by atoms with Crippen LogP contribution in [0.1, 0.15) is 30.9 Å². The van der Waals surface area contributed by atoms with E-state index >= 15 is 0 Å². The standard InChI is InChI=1S/C18H29N3O/c1-14-7-4-5-8-16(14)11-20(3)18(22)13-21-10-6-9-17(12-21)15(2)19/h4-5,7-8,15,17H,6,9-13,19H2,1-3H3. The number of amides is 1. The Bertz CT molecular complexity index is 501. The summed E-state index contributed by atoms with van der Waals surface area (Å²) in [6, 6.07) is 8.45. The molecule has 1 aliphatic heterocycles. The summed E-state index contributed by atoms with van der Waals surface area (Å²) in [5.41, 5.74) is 8.46. The quantitative estimate of drug-likeness (QED) is 0.905. The number of piperidine rings is 1. The fourth-order valence-electron chi connectivity index (χ4n) is 3.11. The minimum Gasteiger partial charge on any atom is -0.340 e. The van der Waals surface area contributed by atoms with Crippen molar-refractivity contribution in [2.75, 3.05) is 26.7 Å². The molecule has 0 bridgehead atoms. The number of benzene rings is 1. The number of hydrogen-bond acceptors (Lipinski definition) is 3. The van der Waals surface area contributed by atoms with Crippen LogP contribution in [-0.2, 0) is 11.3 Å². The van der Waals surface area contributed by atoms with Gasteiger partial charge >= 0.3 is 0 Å². The number of hydrogen-bond donors (Lipinski definition) is 1. The van der Waals surface area contributed by atoms with Gasteiger partial charge in [0.2, 0.25) is 5.91 Å². The average Bonchev–Trinajstić information content (AvgIpc) is 2.49. The molecule has 1 aromatic carbocycles. The third kappa shape index (κ3) is 4.55. The second-order valence-corrected chi connectivity index (χ2v) is 6.67. The van der Waals surface area contributed by atoms with Crippen LogP contribution >= 0.6 is 0 Å². The van der Waals surface area contributed by atoms with Crippen LogP contribution < -0.4 is 5.73 Å². The van der Waals surface area contributed by atoms with Crippen molar-refractivity contribution in [2.24, 2.45) is 11.7 Å². The number of rotatable bonds is 5. The third-order valence-corrected chi connectivity index (χ3v) is 4.74. The van der Waals surface area contributed by atoms with Gasteiger partial charge in [0.1, 0.15) is 0 Å². The van der Waals surface area contributed by atoms with Gasteiger partial charge < -0.3 is 10.6 Å². The summed E-state index contributed by atoms with van der Waals surface area (Å²) in [6.07, 6.45) is 2.32. The Morgan fingerprint density at radius 3 is 2.86 bits per heavy atom. The number of likely N-dealkylation sites (N-methyl/N-ethyl adjacent to an activating group) is 1. The number of carbonyl (C=O) groups excluding carboxylic acids is 1. The van der Waals surface area contributed by atoms with Gasteiger partial charge in [-0.3, -0.25) is 9.69 Å². The van der Waals surface area contributed by atoms with Crippen LogP contribution in [0.15, 0.2) is 24.3 Å². The highest BCUT2D eigenvalue weighted by Crippen LogP contribution is 2.18. The first kappa shape index (κ1) is 17.0. The summed E-state index contributed by atoms with van der Waals surface area (Å²) in [5, 5.41) is 0. The molecular formula is C18H29N3O. The molecular weight excluding hydrogens is 274 g/mol. The molecule has 0 saturated carbocycles. The van der Waals surface area contributed by atoms with Crippen molar-refractivity contribution in [1.29, 1.82) is 0 Å². The summed E-state index contributed by atoms with van der Waals surface area (Å²) in [6.45, 7) is 7.29. The lowest BCUT2D eigenvalue weighted by molar-refractivity contribution is -0.132. The number of nitrogens with zero attached hydrogens (tertiary/aromatic N) is 2. The Hall–Kier alpha value is -1.39. The second-order valence-electron chi connectivity index (χ2n) is 6.67. The van der Waals surface area contributed by atoms with Crippen molar-refractivity contribution >= 4 is 5.91 Å².